The van der Waals surface area contributed by atoms with Crippen molar-refractivity contribution in [1.82, 2.24) is 23.9 Å². The summed E-state index contributed by atoms with van der Waals surface area (Å²) in [6, 6.07) is 5.58. The monoisotopic (exact) mass is 371 g/mol. The first kappa shape index (κ1) is 16.8. The van der Waals surface area contributed by atoms with E-state index >= 15 is 0 Å². The number of hydrogen-bond donors (Lipinski definition) is 3. The molecule has 27 heavy (non-hydrogen) atoms. The molecule has 0 aliphatic heterocycles. The Hall–Kier alpha value is -3.69. The van der Waals surface area contributed by atoms with Crippen LogP contribution in [0.25, 0.3) is 16.9 Å². The number of nitrogens with zero attached hydrogens (tertiary/aromatic N) is 4. The minimum absolute atomic E-state index is 0.107. The van der Waals surface area contributed by atoms with E-state index in [9.17, 15) is 15.0 Å². The lowest BCUT2D eigenvalue weighted by molar-refractivity contribution is 0.354. The van der Waals surface area contributed by atoms with Crippen LogP contribution in [0.4, 0.5) is 0 Å². The maximum atomic E-state index is 12.5. The van der Waals surface area contributed by atoms with Gasteiger partial charge in [-0.1, -0.05) is 6.07 Å². The Kier molecular flexibility index (Phi) is 3.87. The van der Waals surface area contributed by atoms with Crippen molar-refractivity contribution in [3.05, 3.63) is 40.4 Å². The number of aromatic nitrogens is 5. The van der Waals surface area contributed by atoms with Crippen molar-refractivity contribution in [3.63, 3.8) is 0 Å². The van der Waals surface area contributed by atoms with Crippen LogP contribution in [0.15, 0.2) is 29.3 Å². The fraction of sp³-hybridized carbons (Fsp3) is 0.235. The summed E-state index contributed by atoms with van der Waals surface area (Å²) >= 11 is 0. The van der Waals surface area contributed by atoms with Gasteiger partial charge in [0.1, 0.15) is 5.52 Å². The zero-order chi connectivity index (χ0) is 19.1. The van der Waals surface area contributed by atoms with Crippen LogP contribution in [0.2, 0.25) is 0 Å². The highest BCUT2D eigenvalue weighted by atomic mass is 16.5. The van der Waals surface area contributed by atoms with Crippen molar-refractivity contribution in [2.45, 2.75) is 13.0 Å². The fourth-order valence-electron chi connectivity index (χ4n) is 3.10. The SMILES string of the molecule is COc1ccc(CCn2c3nc[nH]c3c(=O)n3c(O)c(O)nc23)cc1OC. The summed E-state index contributed by atoms with van der Waals surface area (Å²) in [5.41, 5.74) is 1.03. The molecule has 10 heteroatoms. The summed E-state index contributed by atoms with van der Waals surface area (Å²) in [5.74, 6) is 0.131. The van der Waals surface area contributed by atoms with Gasteiger partial charge >= 0.3 is 0 Å². The Morgan fingerprint density at radius 1 is 1.19 bits per heavy atom. The lowest BCUT2D eigenvalue weighted by atomic mass is 10.1. The molecule has 140 valence electrons. The van der Waals surface area contributed by atoms with Crippen molar-refractivity contribution in [1.29, 1.82) is 0 Å². The topological polar surface area (TPSA) is 127 Å². The maximum Gasteiger partial charge on any atom is 0.288 e. The summed E-state index contributed by atoms with van der Waals surface area (Å²) in [5, 5.41) is 19.7. The second-order valence-electron chi connectivity index (χ2n) is 5.89. The van der Waals surface area contributed by atoms with Crippen LogP contribution in [-0.2, 0) is 13.0 Å². The van der Waals surface area contributed by atoms with Gasteiger partial charge in [-0.2, -0.15) is 4.98 Å². The number of imidazole rings is 2. The number of aromatic amines is 1. The van der Waals surface area contributed by atoms with Crippen LogP contribution >= 0.6 is 0 Å². The number of aryl methyl sites for hydroxylation is 2. The fourth-order valence-corrected chi connectivity index (χ4v) is 3.10. The van der Waals surface area contributed by atoms with Gasteiger partial charge in [0, 0.05) is 6.54 Å². The Morgan fingerprint density at radius 2 is 1.96 bits per heavy atom. The lowest BCUT2D eigenvalue weighted by Crippen LogP contribution is -2.19. The molecular formula is C17H17N5O5. The molecule has 4 aromatic rings. The van der Waals surface area contributed by atoms with Gasteiger partial charge in [-0.3, -0.25) is 9.36 Å². The highest BCUT2D eigenvalue weighted by Crippen LogP contribution is 2.28. The molecule has 10 nitrogen and oxygen atoms in total. The molecule has 0 unspecified atom stereocenters. The highest BCUT2D eigenvalue weighted by molar-refractivity contribution is 5.73. The Labute approximate surface area is 152 Å². The van der Waals surface area contributed by atoms with Gasteiger partial charge in [-0.05, 0) is 24.1 Å². The van der Waals surface area contributed by atoms with Crippen LogP contribution in [-0.4, -0.2) is 48.4 Å². The van der Waals surface area contributed by atoms with E-state index in [-0.39, 0.29) is 11.3 Å². The number of aromatic hydroxyl groups is 2. The molecule has 3 aromatic heterocycles. The molecular weight excluding hydrogens is 354 g/mol. The highest BCUT2D eigenvalue weighted by Gasteiger charge is 2.20. The number of hydrogen-bond acceptors (Lipinski definition) is 7. The zero-order valence-electron chi connectivity index (χ0n) is 14.6. The Balaban J connectivity index is 1.80. The Bertz CT molecular complexity index is 1210. The van der Waals surface area contributed by atoms with E-state index in [4.69, 9.17) is 9.47 Å². The van der Waals surface area contributed by atoms with Gasteiger partial charge in [0.15, 0.2) is 17.1 Å². The Morgan fingerprint density at radius 3 is 2.70 bits per heavy atom. The number of fused-ring (bicyclic) bond motifs is 2. The third-order valence-corrected chi connectivity index (χ3v) is 4.42. The van der Waals surface area contributed by atoms with Crippen LogP contribution in [0, 0.1) is 0 Å². The third-order valence-electron chi connectivity index (χ3n) is 4.42. The molecule has 3 heterocycles. The summed E-state index contributed by atoms with van der Waals surface area (Å²) in [6.45, 7) is 0.399. The molecule has 1 aromatic carbocycles. The second-order valence-corrected chi connectivity index (χ2v) is 5.89. The molecule has 0 amide bonds. The van der Waals surface area contributed by atoms with Gasteiger partial charge in [-0.15, -0.1) is 0 Å². The summed E-state index contributed by atoms with van der Waals surface area (Å²) in [6.07, 6.45) is 1.96. The molecule has 3 N–H and O–H groups in total. The van der Waals surface area contributed by atoms with E-state index in [0.29, 0.717) is 30.1 Å². The average molecular weight is 371 g/mol. The number of benzene rings is 1. The maximum absolute atomic E-state index is 12.5. The second kappa shape index (κ2) is 6.24. The quantitative estimate of drug-likeness (QED) is 0.478. The number of nitrogens with one attached hydrogen (secondary N) is 1. The normalized spacial score (nSPS) is 11.3. The van der Waals surface area contributed by atoms with E-state index in [1.54, 1.807) is 18.8 Å². The van der Waals surface area contributed by atoms with Gasteiger partial charge in [0.05, 0.1) is 20.5 Å². The van der Waals surface area contributed by atoms with Crippen molar-refractivity contribution < 1.29 is 19.7 Å². The predicted molar refractivity (Wildman–Crippen MR) is 95.7 cm³/mol. The first-order valence-corrected chi connectivity index (χ1v) is 8.12. The molecule has 0 fully saturated rings. The van der Waals surface area contributed by atoms with E-state index in [2.05, 4.69) is 15.0 Å². The molecule has 0 aliphatic rings. The van der Waals surface area contributed by atoms with E-state index in [1.165, 1.54) is 6.33 Å². The lowest BCUT2D eigenvalue weighted by Gasteiger charge is -2.12. The largest absolute Gasteiger partial charge is 0.493 e. The van der Waals surface area contributed by atoms with Crippen LogP contribution in [0.1, 0.15) is 5.56 Å². The molecule has 0 radical (unpaired) electrons. The minimum Gasteiger partial charge on any atom is -0.493 e. The van der Waals surface area contributed by atoms with E-state index < -0.39 is 17.3 Å². The first-order valence-electron chi connectivity index (χ1n) is 8.12. The van der Waals surface area contributed by atoms with Gasteiger partial charge in [-0.25, -0.2) is 9.38 Å². The van der Waals surface area contributed by atoms with Gasteiger partial charge in [0.25, 0.3) is 17.3 Å². The zero-order valence-corrected chi connectivity index (χ0v) is 14.6. The number of H-pyrrole nitrogens is 1. The van der Waals surface area contributed by atoms with Crippen molar-refractivity contribution >= 4 is 16.9 Å². The average Bonchev–Trinajstić information content (AvgIpc) is 3.27. The van der Waals surface area contributed by atoms with Crippen LogP contribution < -0.4 is 15.0 Å². The molecule has 4 rings (SSSR count). The van der Waals surface area contributed by atoms with Crippen molar-refractivity contribution in [2.24, 2.45) is 0 Å². The minimum atomic E-state index is -0.611. The predicted octanol–water partition coefficient (Wildman–Crippen LogP) is 1.04. The summed E-state index contributed by atoms with van der Waals surface area (Å²) < 4.78 is 13.2. The number of methoxy groups -OCH3 is 2. The molecule has 0 bridgehead atoms. The molecule has 0 aliphatic carbocycles. The van der Waals surface area contributed by atoms with Crippen LogP contribution in [0.5, 0.6) is 23.3 Å². The summed E-state index contributed by atoms with van der Waals surface area (Å²) in [4.78, 5) is 23.4. The van der Waals surface area contributed by atoms with Crippen LogP contribution in [0.3, 0.4) is 0 Å². The number of ether oxygens (including phenoxy) is 2. The van der Waals surface area contributed by atoms with Gasteiger partial charge in [0.2, 0.25) is 5.78 Å². The first-order chi connectivity index (χ1) is 13.0. The standard InChI is InChI=1S/C17H17N5O5/c1-26-10-4-3-9(7-11(10)27-2)5-6-21-13-12(18-8-19-13)15(24)22-16(25)14(23)20-17(21)22/h3-4,7-8,23,25H,5-6H2,1-2H3,(H,18,19). The molecule has 0 saturated heterocycles. The molecule has 0 saturated carbocycles. The molecule has 0 atom stereocenters. The summed E-state index contributed by atoms with van der Waals surface area (Å²) in [7, 11) is 3.14. The number of rotatable bonds is 5. The van der Waals surface area contributed by atoms with E-state index in [1.807, 2.05) is 18.2 Å². The molecule has 0 spiro atoms. The smallest absolute Gasteiger partial charge is 0.288 e. The van der Waals surface area contributed by atoms with E-state index in [0.717, 1.165) is 9.96 Å². The third kappa shape index (κ3) is 2.53. The van der Waals surface area contributed by atoms with Crippen molar-refractivity contribution in [3.8, 4) is 23.3 Å². The van der Waals surface area contributed by atoms with Gasteiger partial charge < -0.3 is 24.7 Å². The van der Waals surface area contributed by atoms with Crippen molar-refractivity contribution in [2.75, 3.05) is 14.2 Å².